The molecule has 1 fully saturated rings. The van der Waals surface area contributed by atoms with Gasteiger partial charge in [-0.2, -0.15) is 4.72 Å². The van der Waals surface area contributed by atoms with Gasteiger partial charge in [0, 0.05) is 0 Å². The SMILES string of the molecule is COC(=O)[C@H](NS(=O)(=O)c1ccc(Oc2ccccc2)cc1)[C@H]1OC(C)(C)O[C@@H]1[C@@H](O)CO. The number of carbonyl (C=O) groups excluding carboxylic acids is 1. The first-order chi connectivity index (χ1) is 15.6. The van der Waals surface area contributed by atoms with Crippen LogP contribution < -0.4 is 9.46 Å². The van der Waals surface area contributed by atoms with Crippen LogP contribution in [0, 0.1) is 0 Å². The number of methoxy groups -OCH3 is 1. The lowest BCUT2D eigenvalue weighted by Gasteiger charge is -2.27. The van der Waals surface area contributed by atoms with Crippen LogP contribution in [0.2, 0.25) is 0 Å². The number of hydrogen-bond donors (Lipinski definition) is 3. The van der Waals surface area contributed by atoms with E-state index in [9.17, 15) is 23.4 Å². The van der Waals surface area contributed by atoms with Crippen molar-refractivity contribution in [2.45, 2.75) is 48.9 Å². The van der Waals surface area contributed by atoms with E-state index in [1.807, 2.05) is 18.2 Å². The van der Waals surface area contributed by atoms with Gasteiger partial charge in [-0.1, -0.05) is 18.2 Å². The van der Waals surface area contributed by atoms with E-state index >= 15 is 0 Å². The number of nitrogens with one attached hydrogen (secondary N) is 1. The summed E-state index contributed by atoms with van der Waals surface area (Å²) in [7, 11) is -3.13. The van der Waals surface area contributed by atoms with Crippen molar-refractivity contribution in [1.29, 1.82) is 0 Å². The predicted molar refractivity (Wildman–Crippen MR) is 116 cm³/mol. The van der Waals surface area contributed by atoms with Gasteiger partial charge in [-0.05, 0) is 50.2 Å². The Morgan fingerprint density at radius 1 is 1.06 bits per heavy atom. The van der Waals surface area contributed by atoms with Gasteiger partial charge in [0.2, 0.25) is 10.0 Å². The van der Waals surface area contributed by atoms with Crippen LogP contribution in [0.5, 0.6) is 11.5 Å². The normalized spacial score (nSPS) is 21.8. The van der Waals surface area contributed by atoms with Crippen molar-refractivity contribution in [1.82, 2.24) is 4.72 Å². The molecule has 1 heterocycles. The van der Waals surface area contributed by atoms with Crippen LogP contribution in [0.4, 0.5) is 0 Å². The Labute approximate surface area is 192 Å². The summed E-state index contributed by atoms with van der Waals surface area (Å²) in [4.78, 5) is 12.4. The smallest absolute Gasteiger partial charge is 0.326 e. The molecule has 0 radical (unpaired) electrons. The lowest BCUT2D eigenvalue weighted by Crippen LogP contribution is -2.55. The van der Waals surface area contributed by atoms with Gasteiger partial charge < -0.3 is 29.2 Å². The lowest BCUT2D eigenvalue weighted by atomic mass is 10.0. The van der Waals surface area contributed by atoms with Crippen LogP contribution in [-0.4, -0.2) is 68.5 Å². The molecule has 0 aromatic heterocycles. The standard InChI is InChI=1S/C22H27NO9S/c1-22(2)31-19(17(25)13-24)20(32-22)18(21(26)29-3)23-33(27,28)16-11-9-15(10-12-16)30-14-7-5-4-6-8-14/h4-12,17-20,23-25H,13H2,1-3H3/t17-,18+,19+,20+/m0/s1. The third kappa shape index (κ3) is 6.08. The first kappa shape index (κ1) is 25.1. The highest BCUT2D eigenvalue weighted by Crippen LogP contribution is 2.33. The van der Waals surface area contributed by atoms with E-state index in [0.29, 0.717) is 11.5 Å². The second-order valence-corrected chi connectivity index (χ2v) is 9.54. The molecule has 33 heavy (non-hydrogen) atoms. The first-order valence-corrected chi connectivity index (χ1v) is 11.6. The van der Waals surface area contributed by atoms with E-state index in [-0.39, 0.29) is 4.90 Å². The monoisotopic (exact) mass is 481 g/mol. The second-order valence-electron chi connectivity index (χ2n) is 7.82. The van der Waals surface area contributed by atoms with Crippen molar-refractivity contribution in [3.8, 4) is 11.5 Å². The fraction of sp³-hybridized carbons (Fsp3) is 0.409. The molecular formula is C22H27NO9S. The van der Waals surface area contributed by atoms with Gasteiger partial charge >= 0.3 is 5.97 Å². The number of ether oxygens (including phenoxy) is 4. The van der Waals surface area contributed by atoms with Gasteiger partial charge in [-0.15, -0.1) is 0 Å². The number of aliphatic hydroxyl groups is 2. The van der Waals surface area contributed by atoms with Crippen molar-refractivity contribution >= 4 is 16.0 Å². The molecule has 0 bridgehead atoms. The van der Waals surface area contributed by atoms with E-state index < -0.39 is 52.7 Å². The fourth-order valence-electron chi connectivity index (χ4n) is 3.40. The Morgan fingerprint density at radius 3 is 2.21 bits per heavy atom. The summed E-state index contributed by atoms with van der Waals surface area (Å²) < 4.78 is 50.0. The third-order valence-corrected chi connectivity index (χ3v) is 6.37. The van der Waals surface area contributed by atoms with E-state index in [0.717, 1.165) is 7.11 Å². The second kappa shape index (κ2) is 10.2. The molecule has 1 aliphatic heterocycles. The molecule has 2 aromatic rings. The van der Waals surface area contributed by atoms with E-state index in [1.165, 1.54) is 24.3 Å². The summed E-state index contributed by atoms with van der Waals surface area (Å²) in [5.74, 6) is -1.17. The highest BCUT2D eigenvalue weighted by atomic mass is 32.2. The van der Waals surface area contributed by atoms with Crippen LogP contribution in [0.1, 0.15) is 13.8 Å². The van der Waals surface area contributed by atoms with Gasteiger partial charge in [0.05, 0.1) is 18.6 Å². The Bertz CT molecular complexity index is 1040. The average Bonchev–Trinajstić information content (AvgIpc) is 3.12. The van der Waals surface area contributed by atoms with Crippen molar-refractivity contribution in [2.75, 3.05) is 13.7 Å². The molecule has 0 saturated carbocycles. The van der Waals surface area contributed by atoms with Gasteiger partial charge in [0.25, 0.3) is 0 Å². The van der Waals surface area contributed by atoms with Crippen LogP contribution in [0.15, 0.2) is 59.5 Å². The number of sulfonamides is 1. The van der Waals surface area contributed by atoms with Crippen LogP contribution in [-0.2, 0) is 29.0 Å². The van der Waals surface area contributed by atoms with E-state index in [2.05, 4.69) is 4.72 Å². The molecule has 1 saturated heterocycles. The Kier molecular flexibility index (Phi) is 7.73. The van der Waals surface area contributed by atoms with Crippen molar-refractivity contribution < 1.29 is 42.4 Å². The molecular weight excluding hydrogens is 454 g/mol. The number of esters is 1. The van der Waals surface area contributed by atoms with Gasteiger partial charge in [-0.25, -0.2) is 8.42 Å². The molecule has 0 amide bonds. The molecule has 180 valence electrons. The number of rotatable bonds is 9. The molecule has 3 N–H and O–H groups in total. The molecule has 3 rings (SSSR count). The minimum absolute atomic E-state index is 0.130. The summed E-state index contributed by atoms with van der Waals surface area (Å²) >= 11 is 0. The molecule has 0 aliphatic carbocycles. The molecule has 0 unspecified atom stereocenters. The highest BCUT2D eigenvalue weighted by Gasteiger charge is 2.51. The summed E-state index contributed by atoms with van der Waals surface area (Å²) in [6.07, 6.45) is -3.86. The predicted octanol–water partition coefficient (Wildman–Crippen LogP) is 1.17. The first-order valence-electron chi connectivity index (χ1n) is 10.1. The number of carbonyl (C=O) groups is 1. The molecule has 0 spiro atoms. The topological polar surface area (TPSA) is 141 Å². The molecule has 11 heteroatoms. The minimum atomic E-state index is -4.22. The maximum atomic E-state index is 13.0. The largest absolute Gasteiger partial charge is 0.468 e. The zero-order valence-corrected chi connectivity index (χ0v) is 19.2. The zero-order valence-electron chi connectivity index (χ0n) is 18.4. The number of benzene rings is 2. The molecule has 2 aromatic carbocycles. The molecule has 4 atom stereocenters. The quantitative estimate of drug-likeness (QED) is 0.450. The Morgan fingerprint density at radius 2 is 1.64 bits per heavy atom. The zero-order chi connectivity index (χ0) is 24.2. The van der Waals surface area contributed by atoms with Gasteiger partial charge in [-0.3, -0.25) is 4.79 Å². The number of para-hydroxylation sites is 1. The van der Waals surface area contributed by atoms with Crippen LogP contribution in [0.3, 0.4) is 0 Å². The van der Waals surface area contributed by atoms with Crippen LogP contribution >= 0.6 is 0 Å². The lowest BCUT2D eigenvalue weighted by molar-refractivity contribution is -0.161. The third-order valence-electron chi connectivity index (χ3n) is 4.91. The maximum Gasteiger partial charge on any atom is 0.326 e. The van der Waals surface area contributed by atoms with E-state index in [4.69, 9.17) is 18.9 Å². The van der Waals surface area contributed by atoms with Gasteiger partial charge in [0.1, 0.15) is 35.9 Å². The van der Waals surface area contributed by atoms with Crippen molar-refractivity contribution in [2.24, 2.45) is 0 Å². The maximum absolute atomic E-state index is 13.0. The van der Waals surface area contributed by atoms with Crippen molar-refractivity contribution in [3.63, 3.8) is 0 Å². The molecule has 10 nitrogen and oxygen atoms in total. The Balaban J connectivity index is 1.83. The number of aliphatic hydroxyl groups excluding tert-OH is 2. The van der Waals surface area contributed by atoms with E-state index in [1.54, 1.807) is 26.0 Å². The summed E-state index contributed by atoms with van der Waals surface area (Å²) in [6, 6.07) is 13.0. The summed E-state index contributed by atoms with van der Waals surface area (Å²) in [6.45, 7) is 2.40. The molecule has 1 aliphatic rings. The Hall–Kier alpha value is -2.54. The average molecular weight is 482 g/mol. The highest BCUT2D eigenvalue weighted by molar-refractivity contribution is 7.89. The summed E-state index contributed by atoms with van der Waals surface area (Å²) in [5, 5.41) is 19.5. The summed E-state index contributed by atoms with van der Waals surface area (Å²) in [5.41, 5.74) is 0. The number of hydrogen-bond acceptors (Lipinski definition) is 9. The van der Waals surface area contributed by atoms with Crippen molar-refractivity contribution in [3.05, 3.63) is 54.6 Å². The minimum Gasteiger partial charge on any atom is -0.468 e. The fourth-order valence-corrected chi connectivity index (χ4v) is 4.59. The van der Waals surface area contributed by atoms with Gasteiger partial charge in [0.15, 0.2) is 5.79 Å². The van der Waals surface area contributed by atoms with Crippen LogP contribution in [0.25, 0.3) is 0 Å².